The third-order valence-electron chi connectivity index (χ3n) is 2.04. The molecule has 7 nitrogen and oxygen atoms in total. The van der Waals surface area contributed by atoms with Crippen LogP contribution in [0.1, 0.15) is 13.8 Å². The SMILES string of the molecule is COC(=O)C1OB(OC(C)C)OC1C(=O)OC. The van der Waals surface area contributed by atoms with Crippen molar-refractivity contribution in [2.24, 2.45) is 0 Å². The van der Waals surface area contributed by atoms with Gasteiger partial charge in [-0.1, -0.05) is 0 Å². The van der Waals surface area contributed by atoms with Gasteiger partial charge in [-0.25, -0.2) is 9.59 Å². The highest BCUT2D eigenvalue weighted by atomic mass is 16.8. The van der Waals surface area contributed by atoms with E-state index in [1.54, 1.807) is 13.8 Å². The van der Waals surface area contributed by atoms with Crippen molar-refractivity contribution in [1.29, 1.82) is 0 Å². The van der Waals surface area contributed by atoms with E-state index in [1.165, 1.54) is 14.2 Å². The molecule has 0 radical (unpaired) electrons. The zero-order chi connectivity index (χ0) is 13.0. The highest BCUT2D eigenvalue weighted by Crippen LogP contribution is 2.20. The van der Waals surface area contributed by atoms with Crippen molar-refractivity contribution in [1.82, 2.24) is 0 Å². The lowest BCUT2D eigenvalue weighted by atomic mass is 10.2. The summed E-state index contributed by atoms with van der Waals surface area (Å²) in [6.07, 6.45) is -2.51. The van der Waals surface area contributed by atoms with Crippen molar-refractivity contribution in [3.63, 3.8) is 0 Å². The molecule has 0 N–H and O–H groups in total. The summed E-state index contributed by atoms with van der Waals surface area (Å²) >= 11 is 0. The molecule has 1 rings (SSSR count). The van der Waals surface area contributed by atoms with Gasteiger partial charge in [-0.05, 0) is 13.8 Å². The Bertz CT molecular complexity index is 269. The molecule has 96 valence electrons. The molecule has 17 heavy (non-hydrogen) atoms. The number of carbonyl (C=O) groups excluding carboxylic acids is 2. The topological polar surface area (TPSA) is 80.3 Å². The summed E-state index contributed by atoms with van der Waals surface area (Å²) in [4.78, 5) is 22.8. The average molecular weight is 246 g/mol. The van der Waals surface area contributed by atoms with Crippen LogP contribution in [0.5, 0.6) is 0 Å². The maximum absolute atomic E-state index is 11.4. The van der Waals surface area contributed by atoms with E-state index in [9.17, 15) is 9.59 Å². The van der Waals surface area contributed by atoms with E-state index in [0.29, 0.717) is 0 Å². The van der Waals surface area contributed by atoms with Crippen LogP contribution in [0.3, 0.4) is 0 Å². The molecule has 0 aromatic heterocycles. The second kappa shape index (κ2) is 5.99. The minimum atomic E-state index is -1.17. The van der Waals surface area contributed by atoms with Gasteiger partial charge in [0.1, 0.15) is 0 Å². The molecule has 8 heteroatoms. The normalized spacial score (nSPS) is 23.9. The molecule has 1 heterocycles. The monoisotopic (exact) mass is 246 g/mol. The highest BCUT2D eigenvalue weighted by molar-refractivity contribution is 6.38. The van der Waals surface area contributed by atoms with E-state index in [-0.39, 0.29) is 6.10 Å². The zero-order valence-electron chi connectivity index (χ0n) is 10.2. The Kier molecular flexibility index (Phi) is 4.92. The first-order chi connectivity index (χ1) is 7.99. The van der Waals surface area contributed by atoms with E-state index in [4.69, 9.17) is 14.0 Å². The Labute approximate surface area is 99.5 Å². The van der Waals surface area contributed by atoms with E-state index in [2.05, 4.69) is 9.47 Å². The van der Waals surface area contributed by atoms with E-state index in [0.717, 1.165) is 0 Å². The van der Waals surface area contributed by atoms with E-state index >= 15 is 0 Å². The maximum atomic E-state index is 11.4. The maximum Gasteiger partial charge on any atom is 0.641 e. The summed E-state index contributed by atoms with van der Waals surface area (Å²) in [7, 11) is 1.30. The van der Waals surface area contributed by atoms with Crippen LogP contribution in [0.25, 0.3) is 0 Å². The van der Waals surface area contributed by atoms with Crippen LogP contribution in [0.2, 0.25) is 0 Å². The van der Waals surface area contributed by atoms with Crippen LogP contribution in [0.15, 0.2) is 0 Å². The van der Waals surface area contributed by atoms with Gasteiger partial charge in [0.2, 0.25) is 0 Å². The fourth-order valence-corrected chi connectivity index (χ4v) is 1.29. The highest BCUT2D eigenvalue weighted by Gasteiger charge is 2.50. The van der Waals surface area contributed by atoms with Gasteiger partial charge in [-0.15, -0.1) is 0 Å². The molecule has 0 bridgehead atoms. The van der Waals surface area contributed by atoms with Crippen molar-refractivity contribution in [3.05, 3.63) is 0 Å². The lowest BCUT2D eigenvalue weighted by molar-refractivity contribution is -0.160. The third-order valence-corrected chi connectivity index (χ3v) is 2.04. The summed E-state index contributed by atoms with van der Waals surface area (Å²) < 4.78 is 24.5. The number of hydrogen-bond donors (Lipinski definition) is 0. The molecule has 0 spiro atoms. The fraction of sp³-hybridized carbons (Fsp3) is 0.778. The zero-order valence-corrected chi connectivity index (χ0v) is 10.2. The first kappa shape index (κ1) is 13.9. The molecule has 0 aromatic carbocycles. The Morgan fingerprint density at radius 2 is 1.47 bits per heavy atom. The van der Waals surface area contributed by atoms with Crippen LogP contribution in [0, 0.1) is 0 Å². The molecule has 2 atom stereocenters. The molecule has 0 amide bonds. The molecule has 1 fully saturated rings. The van der Waals surface area contributed by atoms with Crippen LogP contribution in [-0.4, -0.2) is 51.8 Å². The van der Waals surface area contributed by atoms with Gasteiger partial charge in [0.25, 0.3) is 0 Å². The van der Waals surface area contributed by atoms with Crippen molar-refractivity contribution >= 4 is 19.3 Å². The molecule has 1 saturated heterocycles. The Hall–Kier alpha value is -1.12. The first-order valence-corrected chi connectivity index (χ1v) is 5.11. The fourth-order valence-electron chi connectivity index (χ4n) is 1.29. The Morgan fingerprint density at radius 3 is 1.76 bits per heavy atom. The van der Waals surface area contributed by atoms with E-state index < -0.39 is 31.5 Å². The predicted molar refractivity (Wildman–Crippen MR) is 55.8 cm³/mol. The number of ether oxygens (including phenoxy) is 2. The third kappa shape index (κ3) is 3.42. The summed E-state index contributed by atoms with van der Waals surface area (Å²) in [5, 5.41) is 0. The van der Waals surface area contributed by atoms with Gasteiger partial charge in [0.15, 0.2) is 12.2 Å². The molecule has 1 aliphatic heterocycles. The summed E-state index contributed by atoms with van der Waals surface area (Å²) in [6, 6.07) is 0. The van der Waals surface area contributed by atoms with Gasteiger partial charge in [-0.3, -0.25) is 0 Å². The number of hydrogen-bond acceptors (Lipinski definition) is 7. The van der Waals surface area contributed by atoms with Gasteiger partial charge in [0, 0.05) is 6.10 Å². The Balaban J connectivity index is 2.72. The van der Waals surface area contributed by atoms with Gasteiger partial charge in [-0.2, -0.15) is 0 Å². The lowest BCUT2D eigenvalue weighted by Gasteiger charge is -2.12. The quantitative estimate of drug-likeness (QED) is 0.489. The van der Waals surface area contributed by atoms with Crippen LogP contribution in [-0.2, 0) is 33.0 Å². The molecule has 1 aliphatic rings. The minimum Gasteiger partial charge on any atom is -0.467 e. The van der Waals surface area contributed by atoms with Crippen molar-refractivity contribution in [2.45, 2.75) is 32.2 Å². The molecule has 0 saturated carbocycles. The van der Waals surface area contributed by atoms with Crippen molar-refractivity contribution in [3.8, 4) is 0 Å². The van der Waals surface area contributed by atoms with Crippen molar-refractivity contribution in [2.75, 3.05) is 14.2 Å². The summed E-state index contributed by atoms with van der Waals surface area (Å²) in [6.45, 7) is 3.54. The standard InChI is InChI=1S/C9H15BO7/c1-5(2)15-10-16-6(8(11)13-3)7(17-10)9(12)14-4/h5-7H,1-4H3. The molecule has 0 aromatic rings. The van der Waals surface area contributed by atoms with E-state index in [1.807, 2.05) is 0 Å². The smallest absolute Gasteiger partial charge is 0.467 e. The molecule has 0 aliphatic carbocycles. The number of carbonyl (C=O) groups is 2. The average Bonchev–Trinajstić information content (AvgIpc) is 2.69. The first-order valence-electron chi connectivity index (χ1n) is 5.11. The second-order valence-corrected chi connectivity index (χ2v) is 3.63. The number of rotatable bonds is 4. The van der Waals surface area contributed by atoms with Gasteiger partial charge in [0.05, 0.1) is 14.2 Å². The van der Waals surface area contributed by atoms with Crippen LogP contribution < -0.4 is 0 Å². The number of esters is 2. The number of methoxy groups -OCH3 is 2. The summed E-state index contributed by atoms with van der Waals surface area (Å²) in [5.74, 6) is -1.43. The molecular formula is C9H15BO7. The van der Waals surface area contributed by atoms with Crippen LogP contribution in [0.4, 0.5) is 0 Å². The predicted octanol–water partition coefficient (Wildman–Crippen LogP) is -0.474. The Morgan fingerprint density at radius 1 is 1.06 bits per heavy atom. The van der Waals surface area contributed by atoms with Gasteiger partial charge < -0.3 is 23.4 Å². The largest absolute Gasteiger partial charge is 0.641 e. The van der Waals surface area contributed by atoms with Crippen molar-refractivity contribution < 1.29 is 33.0 Å². The lowest BCUT2D eigenvalue weighted by Crippen LogP contribution is -2.38. The molecular weight excluding hydrogens is 231 g/mol. The molecule has 2 unspecified atom stereocenters. The van der Waals surface area contributed by atoms with Gasteiger partial charge >= 0.3 is 19.3 Å². The second-order valence-electron chi connectivity index (χ2n) is 3.63. The minimum absolute atomic E-state index is 0.172. The summed E-state index contributed by atoms with van der Waals surface area (Å²) in [5.41, 5.74) is 0. The van der Waals surface area contributed by atoms with Crippen LogP contribution >= 0.6 is 0 Å².